The molecule has 27 heavy (non-hydrogen) atoms. The SMILES string of the molecule is C[C@@]1(Cc2cccc(C(F)(F)F)c2)C[C@H](c2cc(=O)[nH]o2)CCN1C(=O)O. The summed E-state index contributed by atoms with van der Waals surface area (Å²) in [4.78, 5) is 24.3. The molecule has 0 unspecified atom stereocenters. The van der Waals surface area contributed by atoms with E-state index in [-0.39, 0.29) is 24.4 Å². The Kier molecular flexibility index (Phi) is 4.79. The van der Waals surface area contributed by atoms with E-state index in [0.717, 1.165) is 12.1 Å². The van der Waals surface area contributed by atoms with Gasteiger partial charge in [0.25, 0.3) is 5.56 Å². The number of carbonyl (C=O) groups is 1. The Morgan fingerprint density at radius 1 is 1.41 bits per heavy atom. The Balaban J connectivity index is 1.90. The third-order valence-electron chi connectivity index (χ3n) is 5.05. The molecule has 0 bridgehead atoms. The van der Waals surface area contributed by atoms with Gasteiger partial charge in [-0.1, -0.05) is 18.2 Å². The van der Waals surface area contributed by atoms with Crippen molar-refractivity contribution in [1.82, 2.24) is 10.1 Å². The van der Waals surface area contributed by atoms with Crippen LogP contribution >= 0.6 is 0 Å². The van der Waals surface area contributed by atoms with E-state index < -0.39 is 23.4 Å². The molecule has 2 aromatic rings. The first-order valence-corrected chi connectivity index (χ1v) is 8.44. The molecule has 0 saturated carbocycles. The number of rotatable bonds is 3. The molecule has 0 spiro atoms. The average Bonchev–Trinajstić information content (AvgIpc) is 3.00. The molecule has 1 aliphatic rings. The number of hydrogen-bond acceptors (Lipinski definition) is 3. The van der Waals surface area contributed by atoms with E-state index in [2.05, 4.69) is 5.16 Å². The van der Waals surface area contributed by atoms with Crippen LogP contribution in [0.4, 0.5) is 18.0 Å². The lowest BCUT2D eigenvalue weighted by Crippen LogP contribution is -2.55. The largest absolute Gasteiger partial charge is 0.465 e. The highest BCUT2D eigenvalue weighted by Gasteiger charge is 2.43. The predicted octanol–water partition coefficient (Wildman–Crippen LogP) is 3.85. The molecule has 1 aromatic carbocycles. The monoisotopic (exact) mass is 384 g/mol. The third kappa shape index (κ3) is 4.01. The number of aromatic nitrogens is 1. The molecule has 3 rings (SSSR count). The van der Waals surface area contributed by atoms with E-state index in [1.807, 2.05) is 0 Å². The molecule has 9 heteroatoms. The molecular weight excluding hydrogens is 365 g/mol. The molecule has 6 nitrogen and oxygen atoms in total. The standard InChI is InChI=1S/C18H19F3N2O4/c1-17(9-11-3-2-4-13(7-11)18(19,20)21)10-12(5-6-23(17)16(25)26)14-8-15(24)22-27-14/h2-4,7-8,12H,5-6,9-10H2,1H3,(H,22,24)(H,25,26)/t12-,17-/m1/s1. The number of nitrogens with zero attached hydrogens (tertiary/aromatic N) is 1. The molecule has 0 aliphatic carbocycles. The normalized spacial score (nSPS) is 23.4. The molecule has 1 amide bonds. The number of hydrogen-bond donors (Lipinski definition) is 2. The van der Waals surface area contributed by atoms with Gasteiger partial charge in [0.15, 0.2) is 0 Å². The van der Waals surface area contributed by atoms with E-state index in [0.29, 0.717) is 24.2 Å². The highest BCUT2D eigenvalue weighted by molar-refractivity contribution is 5.66. The number of halogens is 3. The summed E-state index contributed by atoms with van der Waals surface area (Å²) in [5.74, 6) is 0.232. The molecule has 1 aromatic heterocycles. The predicted molar refractivity (Wildman–Crippen MR) is 89.6 cm³/mol. The van der Waals surface area contributed by atoms with Crippen LogP contribution in [0.3, 0.4) is 0 Å². The number of aromatic amines is 1. The van der Waals surface area contributed by atoms with Crippen LogP contribution in [0.15, 0.2) is 39.6 Å². The zero-order chi connectivity index (χ0) is 19.8. The van der Waals surface area contributed by atoms with Gasteiger partial charge in [0.05, 0.1) is 5.56 Å². The molecule has 0 radical (unpaired) electrons. The van der Waals surface area contributed by atoms with Gasteiger partial charge in [-0.15, -0.1) is 0 Å². The second-order valence-electron chi connectivity index (χ2n) is 7.11. The molecular formula is C18H19F3N2O4. The molecule has 2 heterocycles. The Labute approximate surface area is 152 Å². The maximum atomic E-state index is 13.0. The summed E-state index contributed by atoms with van der Waals surface area (Å²) in [6, 6.07) is 6.23. The smallest absolute Gasteiger partial charge is 0.416 e. The fraction of sp³-hybridized carbons (Fsp3) is 0.444. The van der Waals surface area contributed by atoms with Crippen LogP contribution in [0.1, 0.15) is 42.6 Å². The van der Waals surface area contributed by atoms with E-state index in [9.17, 15) is 27.9 Å². The summed E-state index contributed by atoms with van der Waals surface area (Å²) in [5, 5.41) is 11.8. The Morgan fingerprint density at radius 2 is 2.15 bits per heavy atom. The molecule has 1 fully saturated rings. The Morgan fingerprint density at radius 3 is 2.74 bits per heavy atom. The van der Waals surface area contributed by atoms with Gasteiger partial charge in [-0.05, 0) is 37.8 Å². The topological polar surface area (TPSA) is 86.5 Å². The summed E-state index contributed by atoms with van der Waals surface area (Å²) in [6.07, 6.45) is -4.68. The van der Waals surface area contributed by atoms with Crippen molar-refractivity contribution >= 4 is 6.09 Å². The fourth-order valence-corrected chi connectivity index (χ4v) is 3.83. The van der Waals surface area contributed by atoms with Crippen molar-refractivity contribution in [2.75, 3.05) is 6.54 Å². The Hall–Kier alpha value is -2.71. The summed E-state index contributed by atoms with van der Waals surface area (Å²) >= 11 is 0. The number of alkyl halides is 3. The molecule has 1 aliphatic heterocycles. The van der Waals surface area contributed by atoms with E-state index >= 15 is 0 Å². The third-order valence-corrected chi connectivity index (χ3v) is 5.05. The van der Waals surface area contributed by atoms with E-state index in [4.69, 9.17) is 4.52 Å². The number of amides is 1. The van der Waals surface area contributed by atoms with Gasteiger partial charge >= 0.3 is 12.3 Å². The minimum Gasteiger partial charge on any atom is -0.465 e. The van der Waals surface area contributed by atoms with Crippen molar-refractivity contribution in [2.24, 2.45) is 0 Å². The van der Waals surface area contributed by atoms with Crippen LogP contribution in [0, 0.1) is 0 Å². The second-order valence-corrected chi connectivity index (χ2v) is 7.11. The minimum absolute atomic E-state index is 0.119. The quantitative estimate of drug-likeness (QED) is 0.842. The van der Waals surface area contributed by atoms with Gasteiger partial charge in [0.1, 0.15) is 5.76 Å². The van der Waals surface area contributed by atoms with Crippen molar-refractivity contribution in [3.8, 4) is 0 Å². The van der Waals surface area contributed by atoms with Crippen molar-refractivity contribution in [3.05, 3.63) is 57.6 Å². The van der Waals surface area contributed by atoms with Crippen LogP contribution in [-0.2, 0) is 12.6 Å². The maximum absolute atomic E-state index is 13.0. The average molecular weight is 384 g/mol. The van der Waals surface area contributed by atoms with Gasteiger partial charge in [-0.3, -0.25) is 4.79 Å². The number of nitrogens with one attached hydrogen (secondary N) is 1. The summed E-state index contributed by atoms with van der Waals surface area (Å²) < 4.78 is 44.1. The lowest BCUT2D eigenvalue weighted by atomic mass is 9.77. The first kappa shape index (κ1) is 19.1. The van der Waals surface area contributed by atoms with Gasteiger partial charge in [-0.25, -0.2) is 4.79 Å². The lowest BCUT2D eigenvalue weighted by Gasteiger charge is -2.46. The van der Waals surface area contributed by atoms with Gasteiger partial charge in [0, 0.05) is 24.1 Å². The first-order valence-electron chi connectivity index (χ1n) is 8.44. The fourth-order valence-electron chi connectivity index (χ4n) is 3.83. The van der Waals surface area contributed by atoms with Crippen molar-refractivity contribution in [3.63, 3.8) is 0 Å². The summed E-state index contributed by atoms with van der Waals surface area (Å²) in [7, 11) is 0. The lowest BCUT2D eigenvalue weighted by molar-refractivity contribution is -0.137. The number of likely N-dealkylation sites (tertiary alicyclic amines) is 1. The van der Waals surface area contributed by atoms with Gasteiger partial charge in [0.2, 0.25) is 0 Å². The minimum atomic E-state index is -4.47. The molecule has 2 N–H and O–H groups in total. The zero-order valence-electron chi connectivity index (χ0n) is 14.5. The van der Waals surface area contributed by atoms with Crippen molar-refractivity contribution in [1.29, 1.82) is 0 Å². The molecule has 146 valence electrons. The number of H-pyrrole nitrogens is 1. The van der Waals surface area contributed by atoms with Crippen LogP contribution in [0.5, 0.6) is 0 Å². The van der Waals surface area contributed by atoms with Crippen molar-refractivity contribution in [2.45, 2.75) is 43.8 Å². The van der Waals surface area contributed by atoms with Gasteiger partial charge < -0.3 is 14.5 Å². The zero-order valence-corrected chi connectivity index (χ0v) is 14.5. The summed E-state index contributed by atoms with van der Waals surface area (Å²) in [5.41, 5.74) is -1.69. The van der Waals surface area contributed by atoms with Gasteiger partial charge in [-0.2, -0.15) is 18.3 Å². The highest BCUT2D eigenvalue weighted by Crippen LogP contribution is 2.40. The second kappa shape index (κ2) is 6.79. The van der Waals surface area contributed by atoms with E-state index in [1.165, 1.54) is 17.0 Å². The van der Waals surface area contributed by atoms with Crippen molar-refractivity contribution < 1.29 is 27.6 Å². The van der Waals surface area contributed by atoms with Crippen LogP contribution in [-0.4, -0.2) is 33.3 Å². The molecule has 1 saturated heterocycles. The number of benzene rings is 1. The van der Waals surface area contributed by atoms with Crippen LogP contribution < -0.4 is 5.56 Å². The summed E-state index contributed by atoms with van der Waals surface area (Å²) in [6.45, 7) is 1.91. The first-order chi connectivity index (χ1) is 12.6. The van der Waals surface area contributed by atoms with Crippen LogP contribution in [0.2, 0.25) is 0 Å². The van der Waals surface area contributed by atoms with Crippen LogP contribution in [0.25, 0.3) is 0 Å². The number of carboxylic acid groups (broad SMARTS) is 1. The van der Waals surface area contributed by atoms with E-state index in [1.54, 1.807) is 13.0 Å². The Bertz CT molecular complexity index is 889. The highest BCUT2D eigenvalue weighted by atomic mass is 19.4. The maximum Gasteiger partial charge on any atom is 0.416 e. The number of piperidine rings is 1. The molecule has 2 atom stereocenters.